The molecule has 2 atom stereocenters. The van der Waals surface area contributed by atoms with Crippen molar-refractivity contribution < 1.29 is 9.13 Å². The van der Waals surface area contributed by atoms with Crippen molar-refractivity contribution in [3.63, 3.8) is 0 Å². The molecular formula is C15H12Br2FNO. The molecule has 5 heteroatoms. The summed E-state index contributed by atoms with van der Waals surface area (Å²) < 4.78 is 20.9. The first kappa shape index (κ1) is 14.0. The van der Waals surface area contributed by atoms with Crippen LogP contribution in [0.5, 0.6) is 5.75 Å². The number of halogens is 3. The average molecular weight is 401 g/mol. The molecule has 1 heterocycles. The lowest BCUT2D eigenvalue weighted by atomic mass is 9.93. The molecule has 0 saturated heterocycles. The third kappa shape index (κ3) is 2.62. The largest absolute Gasteiger partial charge is 0.485 e. The number of ether oxygens (including phenoxy) is 1. The summed E-state index contributed by atoms with van der Waals surface area (Å²) in [6.45, 7) is 0. The van der Waals surface area contributed by atoms with Gasteiger partial charge in [-0.1, -0.05) is 44.0 Å². The summed E-state index contributed by atoms with van der Waals surface area (Å²) in [5.74, 6) is 0.503. The molecule has 0 aromatic heterocycles. The predicted octanol–water partition coefficient (Wildman–Crippen LogP) is 4.87. The molecule has 0 aliphatic carbocycles. The zero-order chi connectivity index (χ0) is 14.3. The van der Waals surface area contributed by atoms with Gasteiger partial charge in [-0.15, -0.1) is 0 Å². The first-order valence-electron chi connectivity index (χ1n) is 6.21. The lowest BCUT2D eigenvalue weighted by molar-refractivity contribution is 0.160. The highest BCUT2D eigenvalue weighted by atomic mass is 79.9. The Bertz CT molecular complexity index is 662. The molecular weight excluding hydrogens is 389 g/mol. The first-order valence-corrected chi connectivity index (χ1v) is 7.80. The van der Waals surface area contributed by atoms with Gasteiger partial charge in [-0.05, 0) is 24.3 Å². The lowest BCUT2D eigenvalue weighted by Crippen LogP contribution is -2.24. The number of hydrogen-bond acceptors (Lipinski definition) is 2. The molecule has 3 rings (SSSR count). The van der Waals surface area contributed by atoms with E-state index in [9.17, 15) is 4.39 Å². The maximum Gasteiger partial charge on any atom is 0.127 e. The maximum atomic E-state index is 13.2. The SMILES string of the molecule is N[C@H]1CC(c2ccc(F)cc2Br)Oc2cc(Br)ccc21. The molecule has 0 radical (unpaired) electrons. The number of benzene rings is 2. The highest BCUT2D eigenvalue weighted by Crippen LogP contribution is 2.42. The van der Waals surface area contributed by atoms with Crippen molar-refractivity contribution in [3.8, 4) is 5.75 Å². The third-order valence-electron chi connectivity index (χ3n) is 3.42. The van der Waals surface area contributed by atoms with Crippen LogP contribution in [-0.4, -0.2) is 0 Å². The fourth-order valence-corrected chi connectivity index (χ4v) is 3.37. The molecule has 1 unspecified atom stereocenters. The summed E-state index contributed by atoms with van der Waals surface area (Å²) in [5.41, 5.74) is 8.13. The Balaban J connectivity index is 1.98. The van der Waals surface area contributed by atoms with Gasteiger partial charge >= 0.3 is 0 Å². The molecule has 1 aliphatic rings. The van der Waals surface area contributed by atoms with Crippen LogP contribution in [0.25, 0.3) is 0 Å². The van der Waals surface area contributed by atoms with Crippen LogP contribution >= 0.6 is 31.9 Å². The Morgan fingerprint density at radius 1 is 1.10 bits per heavy atom. The average Bonchev–Trinajstić information content (AvgIpc) is 2.37. The van der Waals surface area contributed by atoms with Crippen LogP contribution in [0.15, 0.2) is 45.3 Å². The van der Waals surface area contributed by atoms with Gasteiger partial charge in [0, 0.05) is 32.5 Å². The van der Waals surface area contributed by atoms with Gasteiger partial charge in [-0.25, -0.2) is 4.39 Å². The summed E-state index contributed by atoms with van der Waals surface area (Å²) in [6, 6.07) is 10.4. The van der Waals surface area contributed by atoms with Crippen LogP contribution in [-0.2, 0) is 0 Å². The quantitative estimate of drug-likeness (QED) is 0.740. The molecule has 2 nitrogen and oxygen atoms in total. The van der Waals surface area contributed by atoms with E-state index in [1.54, 1.807) is 6.07 Å². The number of fused-ring (bicyclic) bond motifs is 1. The summed E-state index contributed by atoms with van der Waals surface area (Å²) in [5, 5.41) is 0. The van der Waals surface area contributed by atoms with E-state index in [1.165, 1.54) is 12.1 Å². The molecule has 2 aromatic carbocycles. The molecule has 104 valence electrons. The monoisotopic (exact) mass is 399 g/mol. The highest BCUT2D eigenvalue weighted by molar-refractivity contribution is 9.10. The van der Waals surface area contributed by atoms with Crippen molar-refractivity contribution >= 4 is 31.9 Å². The van der Waals surface area contributed by atoms with E-state index in [4.69, 9.17) is 10.5 Å². The molecule has 1 aliphatic heterocycles. The Hall–Kier alpha value is -0.910. The number of nitrogens with two attached hydrogens (primary N) is 1. The summed E-state index contributed by atoms with van der Waals surface area (Å²) in [4.78, 5) is 0. The summed E-state index contributed by atoms with van der Waals surface area (Å²) >= 11 is 6.82. The van der Waals surface area contributed by atoms with Gasteiger partial charge in [-0.2, -0.15) is 0 Å². The molecule has 0 saturated carbocycles. The van der Waals surface area contributed by atoms with E-state index in [0.717, 1.165) is 21.3 Å². The van der Waals surface area contributed by atoms with Crippen LogP contribution in [0.3, 0.4) is 0 Å². The predicted molar refractivity (Wildman–Crippen MR) is 83.2 cm³/mol. The normalized spacial score (nSPS) is 21.2. The van der Waals surface area contributed by atoms with E-state index in [1.807, 2.05) is 18.2 Å². The molecule has 0 fully saturated rings. The Morgan fingerprint density at radius 3 is 2.60 bits per heavy atom. The smallest absolute Gasteiger partial charge is 0.127 e. The standard InChI is InChI=1S/C15H12Br2FNO/c16-8-1-3-11-13(19)7-15(20-14(11)5-8)10-4-2-9(18)6-12(10)17/h1-6,13,15H,7,19H2/t13-,15?/m0/s1. The topological polar surface area (TPSA) is 35.2 Å². The fraction of sp³-hybridized carbons (Fsp3) is 0.200. The van der Waals surface area contributed by atoms with Gasteiger partial charge < -0.3 is 10.5 Å². The number of rotatable bonds is 1. The second-order valence-electron chi connectivity index (χ2n) is 4.80. The summed E-state index contributed by atoms with van der Waals surface area (Å²) in [7, 11) is 0. The van der Waals surface area contributed by atoms with E-state index in [2.05, 4.69) is 31.9 Å². The van der Waals surface area contributed by atoms with Gasteiger partial charge in [0.05, 0.1) is 0 Å². The molecule has 2 aromatic rings. The second kappa shape index (κ2) is 5.47. The second-order valence-corrected chi connectivity index (χ2v) is 6.57. The minimum atomic E-state index is -0.274. The lowest BCUT2D eigenvalue weighted by Gasteiger charge is -2.31. The van der Waals surface area contributed by atoms with Gasteiger partial charge in [-0.3, -0.25) is 0 Å². The van der Waals surface area contributed by atoms with Crippen LogP contribution in [0.2, 0.25) is 0 Å². The zero-order valence-electron chi connectivity index (χ0n) is 10.4. The van der Waals surface area contributed by atoms with Crippen molar-refractivity contribution in [3.05, 3.63) is 62.3 Å². The minimum Gasteiger partial charge on any atom is -0.485 e. The van der Waals surface area contributed by atoms with Crippen LogP contribution in [0.4, 0.5) is 4.39 Å². The van der Waals surface area contributed by atoms with Crippen molar-refractivity contribution in [2.75, 3.05) is 0 Å². The van der Waals surface area contributed by atoms with E-state index in [0.29, 0.717) is 10.9 Å². The molecule has 0 bridgehead atoms. The zero-order valence-corrected chi connectivity index (χ0v) is 13.6. The highest BCUT2D eigenvalue weighted by Gasteiger charge is 2.28. The molecule has 20 heavy (non-hydrogen) atoms. The first-order chi connectivity index (χ1) is 9.54. The van der Waals surface area contributed by atoms with Gasteiger partial charge in [0.1, 0.15) is 17.7 Å². The molecule has 2 N–H and O–H groups in total. The van der Waals surface area contributed by atoms with Crippen molar-refractivity contribution in [2.24, 2.45) is 5.73 Å². The van der Waals surface area contributed by atoms with E-state index >= 15 is 0 Å². The Morgan fingerprint density at radius 2 is 1.85 bits per heavy atom. The molecule has 0 amide bonds. The Kier molecular flexibility index (Phi) is 3.84. The third-order valence-corrected chi connectivity index (χ3v) is 4.60. The van der Waals surface area contributed by atoms with Gasteiger partial charge in [0.25, 0.3) is 0 Å². The van der Waals surface area contributed by atoms with Crippen molar-refractivity contribution in [1.29, 1.82) is 0 Å². The number of hydrogen-bond donors (Lipinski definition) is 1. The summed E-state index contributed by atoms with van der Waals surface area (Å²) in [6.07, 6.45) is 0.487. The fourth-order valence-electron chi connectivity index (χ4n) is 2.43. The van der Waals surface area contributed by atoms with Crippen molar-refractivity contribution in [2.45, 2.75) is 18.6 Å². The molecule has 0 spiro atoms. The van der Waals surface area contributed by atoms with Crippen molar-refractivity contribution in [1.82, 2.24) is 0 Å². The van der Waals surface area contributed by atoms with Gasteiger partial charge in [0.15, 0.2) is 0 Å². The van der Waals surface area contributed by atoms with Crippen LogP contribution < -0.4 is 10.5 Å². The minimum absolute atomic E-state index is 0.0891. The maximum absolute atomic E-state index is 13.2. The van der Waals surface area contributed by atoms with E-state index in [-0.39, 0.29) is 18.0 Å². The van der Waals surface area contributed by atoms with E-state index < -0.39 is 0 Å². The van der Waals surface area contributed by atoms with Crippen LogP contribution in [0, 0.1) is 5.82 Å². The van der Waals surface area contributed by atoms with Gasteiger partial charge in [0.2, 0.25) is 0 Å². The van der Waals surface area contributed by atoms with Crippen LogP contribution in [0.1, 0.15) is 29.7 Å². The Labute approximate surface area is 133 Å².